The number of hydrogen-bond donors (Lipinski definition) is 8. The van der Waals surface area contributed by atoms with Crippen LogP contribution in [0.25, 0.3) is 78.7 Å². The highest BCUT2D eigenvalue weighted by Gasteiger charge is 2.38. The predicted molar refractivity (Wildman–Crippen MR) is 577 cm³/mol. The largest absolute Gasteiger partial charge is 0.390 e. The number of rotatable bonds is 22. The average Bonchev–Trinajstić information content (AvgIpc) is 1.59. The van der Waals surface area contributed by atoms with E-state index in [-0.39, 0.29) is 69.9 Å². The van der Waals surface area contributed by atoms with E-state index in [0.717, 1.165) is 182 Å². The molecule has 0 spiro atoms. The highest BCUT2D eigenvalue weighted by Crippen LogP contribution is 2.45. The summed E-state index contributed by atoms with van der Waals surface area (Å²) in [6.07, 6.45) is 30.4. The standard InChI is InChI=1S/C22H33N5O.C20H28N4O.C18H23ClN4O2.C17H21N5O2.C16H21N7O.C16H22N4O2/c1-15-10-12-26(13-11-15)18-9-8-17-20(24-18)27(16-6-5-7-16)21(23-17)25-19(28)14-22(2,3)4;1-14-9-10-16-18(21-14)24(15-7-6-8-15)19(22-16)23-17(25)13-20(2)11-4-3-5-12-20;19-14-8-7-13-16(21-14)23(12-5-4-6-12)17(20-13)22-15(24)11-18(25)9-2-1-3-10-18;1-10-6-7-12-15(18-10)22(14-8-11(2)21-24-14)16(19-12)20-13(23)9-17(3,4)5;1-10-6-7-11-14(17-10)23(12-9-22(5)21-20-12)15(18-11)19-13(24)8-16(2,3)4;1-10-7-8-12-14(17-10)20(11-5-4-6-11)15(18-12)19-13(21)9-16(2,3)22/h8-9,15-16H,5-7,10-14H2,1-4H3,(H,23,25,28);9-10,15H,3-8,11-13H2,1-2H3,(H,22,23,25);7-8,12,25H,1-6,9-11H2,(H,20,22,24);6-8H,9H2,1-5H3,(H,19,20,23);6-7,9H,8H2,1-5H3,(H,18,19,24);7-8,11,22H,4-6,9H2,1-3H3,(H,18,19,21). The first-order valence-corrected chi connectivity index (χ1v) is 53.2. The van der Waals surface area contributed by atoms with Crippen molar-refractivity contribution < 1.29 is 43.5 Å². The molecule has 0 atom stereocenters. The molecule has 148 heavy (non-hydrogen) atoms. The van der Waals surface area contributed by atoms with Crippen molar-refractivity contribution in [3.05, 3.63) is 119 Å². The second-order valence-corrected chi connectivity index (χ2v) is 46.9. The summed E-state index contributed by atoms with van der Waals surface area (Å²) in [7, 11) is 1.78. The van der Waals surface area contributed by atoms with E-state index in [1.807, 2.05) is 140 Å². The minimum absolute atomic E-state index is 0.0219. The van der Waals surface area contributed by atoms with Gasteiger partial charge in [-0.05, 0) is 264 Å². The van der Waals surface area contributed by atoms with E-state index in [1.165, 1.54) is 51.4 Å². The number of aliphatic hydroxyl groups is 2. The zero-order chi connectivity index (χ0) is 106. The van der Waals surface area contributed by atoms with Crippen LogP contribution in [0.4, 0.5) is 41.5 Å². The maximum Gasteiger partial charge on any atom is 0.240 e. The Kier molecular flexibility index (Phi) is 32.8. The Hall–Kier alpha value is -13.1. The number of pyridine rings is 6. The van der Waals surface area contributed by atoms with Gasteiger partial charge in [-0.15, -0.1) is 5.10 Å². The fraction of sp³-hybridized carbons (Fsp3) is 0.569. The molecule has 790 valence electrons. The maximum absolute atomic E-state index is 12.7. The monoisotopic (exact) mass is 2040 g/mol. The van der Waals surface area contributed by atoms with Crippen LogP contribution >= 0.6 is 11.6 Å². The van der Waals surface area contributed by atoms with E-state index in [4.69, 9.17) is 26.1 Å². The average molecular weight is 2040 g/mol. The smallest absolute Gasteiger partial charge is 0.240 e. The van der Waals surface area contributed by atoms with Crippen molar-refractivity contribution in [2.24, 2.45) is 34.6 Å². The zero-order valence-corrected chi connectivity index (χ0v) is 90.3. The van der Waals surface area contributed by atoms with Crippen molar-refractivity contribution in [2.45, 2.75) is 353 Å². The van der Waals surface area contributed by atoms with E-state index in [1.54, 1.807) is 53.0 Å². The van der Waals surface area contributed by atoms with Gasteiger partial charge in [0.1, 0.15) is 44.1 Å². The minimum Gasteiger partial charge on any atom is -0.390 e. The number of aryl methyl sites for hydroxylation is 6. The van der Waals surface area contributed by atoms with Crippen LogP contribution in [0.2, 0.25) is 5.15 Å². The Bertz CT molecular complexity index is 6820. The highest BCUT2D eigenvalue weighted by atomic mass is 35.5. The van der Waals surface area contributed by atoms with Gasteiger partial charge < -0.3 is 19.6 Å². The lowest BCUT2D eigenvalue weighted by Crippen LogP contribution is -2.36. The van der Waals surface area contributed by atoms with Crippen LogP contribution in [-0.4, -0.2) is 177 Å². The van der Waals surface area contributed by atoms with Gasteiger partial charge in [0.05, 0.1) is 35.9 Å². The molecule has 0 bridgehead atoms. The van der Waals surface area contributed by atoms with Gasteiger partial charge in [0.15, 0.2) is 39.7 Å². The molecule has 1 saturated heterocycles. The molecule has 7 aliphatic rings. The molecule has 0 aromatic carbocycles. The molecule has 39 heteroatoms. The highest BCUT2D eigenvalue weighted by molar-refractivity contribution is 6.29. The summed E-state index contributed by atoms with van der Waals surface area (Å²) in [5.74, 6) is 5.52. The van der Waals surface area contributed by atoms with Crippen LogP contribution in [0, 0.1) is 62.2 Å². The first-order chi connectivity index (χ1) is 70.2. The molecule has 6 amide bonds. The fourth-order valence-electron chi connectivity index (χ4n) is 19.9. The second-order valence-electron chi connectivity index (χ2n) is 46.5. The first-order valence-electron chi connectivity index (χ1n) is 52.8. The Morgan fingerprint density at radius 2 is 0.736 bits per heavy atom. The third-order valence-corrected chi connectivity index (χ3v) is 28.5. The van der Waals surface area contributed by atoms with Crippen molar-refractivity contribution in [3.8, 4) is 11.7 Å². The number of nitrogens with zero attached hydrogens (tertiary/aromatic N) is 23. The Morgan fingerprint density at radius 1 is 0.392 bits per heavy atom. The lowest BCUT2D eigenvalue weighted by atomic mass is 9.73. The third-order valence-electron chi connectivity index (χ3n) is 28.3. The van der Waals surface area contributed by atoms with Crippen LogP contribution in [-0.2, 0) is 35.8 Å². The van der Waals surface area contributed by atoms with Gasteiger partial charge in [-0.3, -0.25) is 83.6 Å². The molecular weight excluding hydrogens is 1890 g/mol. The van der Waals surface area contributed by atoms with Gasteiger partial charge in [0.2, 0.25) is 77.0 Å². The number of piperidine rings is 1. The summed E-state index contributed by atoms with van der Waals surface area (Å²) in [5.41, 5.74) is 11.6. The van der Waals surface area contributed by atoms with Gasteiger partial charge in [0, 0.05) is 98.8 Å². The third kappa shape index (κ3) is 27.3. The summed E-state index contributed by atoms with van der Waals surface area (Å²) in [6, 6.07) is 26.2. The summed E-state index contributed by atoms with van der Waals surface area (Å²) in [5, 5.41) is 50.5. The van der Waals surface area contributed by atoms with Crippen LogP contribution in [0.5, 0.6) is 0 Å². The van der Waals surface area contributed by atoms with E-state index in [2.05, 4.69) is 158 Å². The Labute approximate surface area is 869 Å². The number of carbonyl (C=O) groups excluding carboxylic acids is 6. The topological polar surface area (TPSA) is 459 Å². The fourth-order valence-corrected chi connectivity index (χ4v) is 20.0. The number of aromatic nitrogens is 22. The SMILES string of the molecule is CC1CCN(c2ccc3nc(NC(=O)CC(C)(C)C)n(C4CCC4)c3n2)CC1.Cc1cc(-n2c(NC(=O)CC(C)(C)C)nc3ccc(C)nc32)on1.Cc1ccc2nc(NC(=O)CC(C)(C)C)n(-c3cn(C)nn3)c2n1.Cc1ccc2nc(NC(=O)CC(C)(C)O)n(C3CCC3)c2n1.Cc1ccc2nc(NC(=O)CC3(C)CCCCC3)n(C3CCC3)c2n1.O=C(CC1(O)CCCCC1)Nc1nc2ccc(Cl)nc2n1C1CCC1. The summed E-state index contributed by atoms with van der Waals surface area (Å²) >= 11 is 6.05. The van der Waals surface area contributed by atoms with Crippen molar-refractivity contribution >= 4 is 156 Å². The zero-order valence-electron chi connectivity index (χ0n) is 89.5. The lowest BCUT2D eigenvalue weighted by molar-refractivity contribution is -0.123. The first kappa shape index (κ1) is 108. The van der Waals surface area contributed by atoms with Crippen LogP contribution in [0.15, 0.2) is 89.6 Å². The van der Waals surface area contributed by atoms with Crippen LogP contribution in [0.1, 0.15) is 335 Å². The van der Waals surface area contributed by atoms with Gasteiger partial charge >= 0.3 is 0 Å². The van der Waals surface area contributed by atoms with Crippen molar-refractivity contribution in [3.63, 3.8) is 0 Å². The van der Waals surface area contributed by atoms with Gasteiger partial charge in [-0.1, -0.05) is 137 Å². The maximum atomic E-state index is 12.7. The van der Waals surface area contributed by atoms with Gasteiger partial charge in [-0.2, -0.15) is 0 Å². The molecule has 8 N–H and O–H groups in total. The number of carbonyl (C=O) groups is 6. The number of anilines is 7. The van der Waals surface area contributed by atoms with Gasteiger partial charge in [-0.25, -0.2) is 68.9 Å². The van der Waals surface area contributed by atoms with Crippen molar-refractivity contribution in [1.29, 1.82) is 0 Å². The molecule has 1 aliphatic heterocycles. The summed E-state index contributed by atoms with van der Waals surface area (Å²) in [6.45, 7) is 37.9. The number of fused-ring (bicyclic) bond motifs is 6. The van der Waals surface area contributed by atoms with Crippen LogP contribution < -0.4 is 36.8 Å². The number of imidazole rings is 6. The molecule has 6 aliphatic carbocycles. The molecule has 14 aromatic heterocycles. The van der Waals surface area contributed by atoms with E-state index >= 15 is 0 Å². The molecule has 0 unspecified atom stereocenters. The summed E-state index contributed by atoms with van der Waals surface area (Å²) in [4.78, 5) is 132. The van der Waals surface area contributed by atoms with E-state index in [0.29, 0.717) is 143 Å². The number of hydrogen-bond acceptors (Lipinski definition) is 25. The molecular formula is C109H148ClN29O9. The minimum atomic E-state index is -1.04. The Morgan fingerprint density at radius 3 is 1.12 bits per heavy atom. The Balaban J connectivity index is 0.000000127. The molecule has 0 radical (unpaired) electrons. The molecule has 38 nitrogen and oxygen atoms in total. The molecule has 6 saturated carbocycles. The quantitative estimate of drug-likeness (QED) is 0.0292. The lowest BCUT2D eigenvalue weighted by Gasteiger charge is -2.33. The van der Waals surface area contributed by atoms with Gasteiger partial charge in [0.25, 0.3) is 0 Å². The molecule has 21 rings (SSSR count). The van der Waals surface area contributed by atoms with E-state index in [9.17, 15) is 39.0 Å². The molecule has 14 aromatic rings. The predicted octanol–water partition coefficient (Wildman–Crippen LogP) is 21.6. The summed E-state index contributed by atoms with van der Waals surface area (Å²) < 4.78 is 18.7. The molecule has 7 fully saturated rings. The number of nitrogens with one attached hydrogen (secondary N) is 6. The molecule has 15 heterocycles. The number of amides is 6. The second kappa shape index (κ2) is 45.1. The van der Waals surface area contributed by atoms with Crippen molar-refractivity contribution in [1.82, 2.24) is 107 Å². The van der Waals surface area contributed by atoms with Crippen LogP contribution in [0.3, 0.4) is 0 Å². The number of halogens is 1. The van der Waals surface area contributed by atoms with Crippen molar-refractivity contribution in [2.75, 3.05) is 49.9 Å². The normalized spacial score (nSPS) is 16.7. The van der Waals surface area contributed by atoms with E-state index < -0.39 is 11.2 Å².